The quantitative estimate of drug-likeness (QED) is 0.0142. The number of nitrogens with one attached hydrogen (secondary N) is 20. The van der Waals surface area contributed by atoms with Crippen molar-refractivity contribution in [2.75, 3.05) is 39.4 Å². The number of carbonyl (C=O) groups is 21. The normalized spacial score (nSPS) is 15.4. The molecular weight excluding hydrogens is 1940 g/mol. The van der Waals surface area contributed by atoms with Crippen LogP contribution in [-0.4, -0.2) is 329 Å². The van der Waals surface area contributed by atoms with E-state index in [1.807, 2.05) is 0 Å². The van der Waals surface area contributed by atoms with Crippen molar-refractivity contribution >= 4 is 136 Å². The zero-order chi connectivity index (χ0) is 111. The SMILES string of the molecule is CC(C)C[C@H](NC(=O)[C@H](CCC(=O)O)NC(=O)[C@H](Cc1ccc(O)cc1)NC(=O)[C@H](Cc1ccccc1)NC(=O)[C@@H](NC(=O)[C@H](CCC(=O)O)NC(=O)[C@H](CO)NC(=O)[C@H](CCC(=O)O)NC(=O)[C@H](CCCCN)NC(=O)[C@H](CO)NC(=O)[C@H](CCCNC(=N)N)NC(=O)[C@@H](N)CCCNC(=N)N)C(C)C)C(=O)N[C@@H](C)C(=O)N[C@@H](Cc1c[nH]cn1)C(=O)N[C@@H](CCC(N)=O)C(=O)N[C@@H](CC(C)C)C(=O)N1CCC[C@H]1C(=O)O. The number of aliphatic hydroxyl groups is 2. The van der Waals surface area contributed by atoms with Crippen LogP contribution in [0.4, 0.5) is 0 Å². The van der Waals surface area contributed by atoms with Gasteiger partial charge in [-0.2, -0.15) is 0 Å². The molecule has 55 nitrogen and oxygen atoms in total. The minimum Gasteiger partial charge on any atom is -0.508 e. The second-order valence-electron chi connectivity index (χ2n) is 36.9. The number of carboxylic acids is 4. The topological polar surface area (TPSA) is 914 Å². The number of aromatic hydroxyl groups is 1. The van der Waals surface area contributed by atoms with E-state index < -0.39 is 316 Å². The Bertz CT molecular complexity index is 5000. The minimum atomic E-state index is -2.12. The van der Waals surface area contributed by atoms with Gasteiger partial charge in [-0.3, -0.25) is 107 Å². The van der Waals surface area contributed by atoms with Gasteiger partial charge in [0.1, 0.15) is 102 Å². The number of aromatic nitrogens is 2. The third kappa shape index (κ3) is 46.0. The number of nitrogens with two attached hydrogens (primary N) is 5. The van der Waals surface area contributed by atoms with Gasteiger partial charge < -0.3 is 165 Å². The average molecular weight is 2090 g/mol. The molecule has 1 saturated heterocycles. The largest absolute Gasteiger partial charge is 0.508 e. The van der Waals surface area contributed by atoms with Gasteiger partial charge >= 0.3 is 23.9 Å². The Morgan fingerprint density at radius 3 is 1.20 bits per heavy atom. The number of aromatic amines is 1. The van der Waals surface area contributed by atoms with Crippen LogP contribution in [0.15, 0.2) is 67.1 Å². The molecule has 2 heterocycles. The highest BCUT2D eigenvalue weighted by molar-refractivity contribution is 6.02. The van der Waals surface area contributed by atoms with Gasteiger partial charge in [0.15, 0.2) is 11.9 Å². The van der Waals surface area contributed by atoms with E-state index in [-0.39, 0.29) is 132 Å². The summed E-state index contributed by atoms with van der Waals surface area (Å²) in [6, 6.07) is -15.1. The first-order chi connectivity index (χ1) is 69.8. The molecule has 1 fully saturated rings. The Balaban J connectivity index is 1.63. The second kappa shape index (κ2) is 64.5. The number of rotatable bonds is 69. The third-order valence-corrected chi connectivity index (χ3v) is 23.3. The number of imidazole rings is 1. The van der Waals surface area contributed by atoms with E-state index in [1.165, 1.54) is 57.6 Å². The molecule has 17 atom stereocenters. The lowest BCUT2D eigenvalue weighted by molar-refractivity contribution is -0.149. The molecule has 3 aromatic rings. The number of unbranched alkanes of at least 4 members (excludes halogenated alkanes) is 1. The number of carbonyl (C=O) groups excluding carboxylic acids is 17. The van der Waals surface area contributed by atoms with Crippen LogP contribution in [0.3, 0.4) is 0 Å². The van der Waals surface area contributed by atoms with Gasteiger partial charge in [-0.25, -0.2) is 9.78 Å². The summed E-state index contributed by atoms with van der Waals surface area (Å²) in [4.78, 5) is 299. The first-order valence-corrected chi connectivity index (χ1v) is 48.5. The van der Waals surface area contributed by atoms with Crippen molar-refractivity contribution in [3.63, 3.8) is 0 Å². The number of primary amides is 1. The molecule has 148 heavy (non-hydrogen) atoms. The number of likely N-dealkylation sites (tertiary alicyclic amines) is 1. The zero-order valence-corrected chi connectivity index (χ0v) is 83.7. The average Bonchev–Trinajstić information content (AvgIpc) is 1.62. The van der Waals surface area contributed by atoms with Crippen molar-refractivity contribution in [3.8, 4) is 5.75 Å². The molecule has 820 valence electrons. The van der Waals surface area contributed by atoms with E-state index >= 15 is 9.59 Å². The van der Waals surface area contributed by atoms with Gasteiger partial charge in [-0.1, -0.05) is 84.0 Å². The van der Waals surface area contributed by atoms with Gasteiger partial charge in [0, 0.05) is 70.8 Å². The van der Waals surface area contributed by atoms with Crippen molar-refractivity contribution in [1.29, 1.82) is 10.8 Å². The Kier molecular flexibility index (Phi) is 54.5. The molecule has 1 aliphatic heterocycles. The molecule has 1 aromatic heterocycles. The second-order valence-corrected chi connectivity index (χ2v) is 36.9. The summed E-state index contributed by atoms with van der Waals surface area (Å²) in [5.74, 6) is -26.9. The zero-order valence-electron chi connectivity index (χ0n) is 83.7. The molecule has 0 saturated carbocycles. The molecule has 0 radical (unpaired) electrons. The fraction of sp³-hybridized carbons (Fsp3) is 0.591. The lowest BCUT2D eigenvalue weighted by Crippen LogP contribution is -2.62. The maximum atomic E-state index is 15.2. The van der Waals surface area contributed by atoms with E-state index in [1.54, 1.807) is 58.0 Å². The number of benzene rings is 2. The molecule has 0 bridgehead atoms. The van der Waals surface area contributed by atoms with Crippen LogP contribution >= 0.6 is 0 Å². The number of hydrogen-bond acceptors (Lipinski definition) is 29. The molecule has 0 unspecified atom stereocenters. The van der Waals surface area contributed by atoms with Crippen molar-refractivity contribution in [2.24, 2.45) is 46.4 Å². The van der Waals surface area contributed by atoms with Crippen molar-refractivity contribution in [2.45, 2.75) is 292 Å². The number of guanidine groups is 2. The number of aliphatic hydroxyl groups excluding tert-OH is 2. The standard InChI is InChI=1S/C93H145N27O28/c1-47(2)38-62(83(139)105-50(7)75(131)112-65(42-53-43-101-46-104-53)86(142)109-58(26-30-70(96)124)80(136)116-66(39-48(3)4)90(146)120-37-15-21-69(120)91(147)148)113-79(135)59(27-31-71(125)126)110-84(140)63(41-52-22-24-54(123)25-23-52)114-85(141)64(40-51-16-9-8-10-17-51)115-89(145)74(49(5)6)119-82(138)61(29-33-73(129)130)111-88(144)68(45-122)118-81(137)60(28-32-72(127)128)108-77(133)56(19-11-12-34-94)107-87(143)67(44-121)117-78(134)57(20-14-36-103-93(99)100)106-76(132)55(95)18-13-35-102-92(97)98/h8-10,16-17,22-25,43,46-50,55-69,74,121-123H,11-15,18-21,26-42,44-45,94-95H2,1-7H3,(H2,96,124)(H,101,104)(H,105,139)(H,106,132)(H,107,143)(H,108,133)(H,109,142)(H,110,140)(H,111,144)(H,112,131)(H,113,135)(H,114,141)(H,115,145)(H,116,136)(H,117,134)(H,118,137)(H,119,138)(H,125,126)(H,127,128)(H,129,130)(H,147,148)(H4,97,98,102)(H4,99,100,103)/t50-,55-,56-,57-,58-,59-,60-,61-,62-,63-,64-,65-,66-,67-,68-,69-,74-/m0/s1. The lowest BCUT2D eigenvalue weighted by Gasteiger charge is -2.30. The van der Waals surface area contributed by atoms with Crippen molar-refractivity contribution in [1.82, 2.24) is 105 Å². The predicted molar refractivity (Wildman–Crippen MR) is 527 cm³/mol. The highest BCUT2D eigenvalue weighted by atomic mass is 16.4. The van der Waals surface area contributed by atoms with Gasteiger partial charge in [0.05, 0.1) is 31.3 Å². The number of carboxylic acid groups (broad SMARTS) is 4. The highest BCUT2D eigenvalue weighted by Crippen LogP contribution is 2.23. The van der Waals surface area contributed by atoms with Gasteiger partial charge in [-0.05, 0) is 151 Å². The number of aliphatic carboxylic acids is 4. The van der Waals surface area contributed by atoms with Crippen LogP contribution in [0.2, 0.25) is 0 Å². The molecule has 37 N–H and O–H groups in total. The Morgan fingerprint density at radius 1 is 0.412 bits per heavy atom. The van der Waals surface area contributed by atoms with Crippen LogP contribution in [0, 0.1) is 28.6 Å². The number of phenolic OH excluding ortho intramolecular Hbond substituents is 1. The summed E-state index contributed by atoms with van der Waals surface area (Å²) in [5, 5.41) is 128. The van der Waals surface area contributed by atoms with Crippen LogP contribution in [0.25, 0.3) is 0 Å². The van der Waals surface area contributed by atoms with E-state index in [0.29, 0.717) is 12.0 Å². The first-order valence-electron chi connectivity index (χ1n) is 48.5. The summed E-state index contributed by atoms with van der Waals surface area (Å²) >= 11 is 0. The van der Waals surface area contributed by atoms with E-state index in [2.05, 4.69) is 100 Å². The number of hydrogen-bond donors (Lipinski definition) is 32. The number of phenols is 1. The summed E-state index contributed by atoms with van der Waals surface area (Å²) in [6.45, 7) is 8.80. The predicted octanol–water partition coefficient (Wildman–Crippen LogP) is -7.91. The Labute approximate surface area is 853 Å². The maximum absolute atomic E-state index is 15.2. The monoisotopic (exact) mass is 2090 g/mol. The van der Waals surface area contributed by atoms with Crippen molar-refractivity contribution in [3.05, 3.63) is 83.9 Å². The Morgan fingerprint density at radius 2 is 0.777 bits per heavy atom. The summed E-state index contributed by atoms with van der Waals surface area (Å²) < 4.78 is 0. The van der Waals surface area contributed by atoms with Crippen molar-refractivity contribution < 1.29 is 136 Å². The molecule has 0 spiro atoms. The van der Waals surface area contributed by atoms with Gasteiger partial charge in [-0.15, -0.1) is 0 Å². The summed E-state index contributed by atoms with van der Waals surface area (Å²) in [7, 11) is 0. The van der Waals surface area contributed by atoms with Gasteiger partial charge in [0.2, 0.25) is 100 Å². The fourth-order valence-electron chi connectivity index (χ4n) is 15.4. The number of amides is 17. The molecule has 0 aliphatic carbocycles. The van der Waals surface area contributed by atoms with Crippen LogP contribution in [0.1, 0.15) is 187 Å². The van der Waals surface area contributed by atoms with Crippen LogP contribution < -0.4 is 119 Å². The van der Waals surface area contributed by atoms with Crippen LogP contribution in [-0.2, 0) is 120 Å². The molecule has 2 aromatic carbocycles. The van der Waals surface area contributed by atoms with Gasteiger partial charge in [0.25, 0.3) is 0 Å². The smallest absolute Gasteiger partial charge is 0.326 e. The molecule has 17 amide bonds. The Hall–Kier alpha value is -15.3. The molecule has 4 rings (SSSR count). The van der Waals surface area contributed by atoms with E-state index in [9.17, 15) is 127 Å². The first kappa shape index (κ1) is 125. The summed E-state index contributed by atoms with van der Waals surface area (Å²) in [6.07, 6.45) is -3.50. The molecular formula is C93H145N27O28. The highest BCUT2D eigenvalue weighted by Gasteiger charge is 2.43. The molecule has 1 aliphatic rings. The number of H-pyrrole nitrogens is 1. The maximum Gasteiger partial charge on any atom is 0.326 e. The minimum absolute atomic E-state index is 0.0309. The lowest BCUT2D eigenvalue weighted by atomic mass is 9.99. The third-order valence-electron chi connectivity index (χ3n) is 23.3. The fourth-order valence-corrected chi connectivity index (χ4v) is 15.4. The number of nitrogens with zero attached hydrogens (tertiary/aromatic N) is 2. The van der Waals surface area contributed by atoms with E-state index in [0.717, 1.165) is 4.90 Å². The summed E-state index contributed by atoms with van der Waals surface area (Å²) in [5.41, 5.74) is 28.8. The van der Waals surface area contributed by atoms with E-state index in [4.69, 9.17) is 39.5 Å². The van der Waals surface area contributed by atoms with Crippen LogP contribution in [0.5, 0.6) is 5.75 Å². The molecule has 55 heteroatoms.